The summed E-state index contributed by atoms with van der Waals surface area (Å²) in [5.74, 6) is 0.527. The van der Waals surface area contributed by atoms with Crippen molar-refractivity contribution >= 4 is 16.1 Å². The van der Waals surface area contributed by atoms with Crippen molar-refractivity contribution in [2.45, 2.75) is 44.6 Å². The first kappa shape index (κ1) is 17.7. The molecule has 7 heteroatoms. The number of likely N-dealkylation sites (tertiary alicyclic amines) is 1. The lowest BCUT2D eigenvalue weighted by Gasteiger charge is -2.23. The molecule has 1 heterocycles. The van der Waals surface area contributed by atoms with Crippen LogP contribution in [-0.4, -0.2) is 32.4 Å². The monoisotopic (exact) mass is 339 g/mol. The van der Waals surface area contributed by atoms with Crippen LogP contribution in [0.5, 0.6) is 0 Å². The van der Waals surface area contributed by atoms with E-state index in [-0.39, 0.29) is 10.9 Å². The van der Waals surface area contributed by atoms with Gasteiger partial charge in [-0.1, -0.05) is 19.4 Å². The molecule has 1 atom stereocenters. The Morgan fingerprint density at radius 2 is 2.13 bits per heavy atom. The van der Waals surface area contributed by atoms with Crippen molar-refractivity contribution in [3.05, 3.63) is 29.3 Å². The van der Waals surface area contributed by atoms with Crippen LogP contribution in [0.2, 0.25) is 0 Å². The summed E-state index contributed by atoms with van der Waals surface area (Å²) in [6, 6.07) is 4.64. The number of aryl methyl sites for hydroxylation is 1. The second-order valence-electron chi connectivity index (χ2n) is 6.34. The molecule has 1 saturated heterocycles. The van der Waals surface area contributed by atoms with Gasteiger partial charge in [0.1, 0.15) is 0 Å². The maximum Gasteiger partial charge on any atom is 0.317 e. The highest BCUT2D eigenvalue weighted by Gasteiger charge is 2.19. The molecule has 0 saturated carbocycles. The van der Waals surface area contributed by atoms with Gasteiger partial charge in [-0.3, -0.25) is 0 Å². The molecule has 1 unspecified atom stereocenters. The Labute approximate surface area is 138 Å². The molecule has 0 aliphatic carbocycles. The first-order valence-electron chi connectivity index (χ1n) is 7.92. The summed E-state index contributed by atoms with van der Waals surface area (Å²) in [6.07, 6.45) is 3.37. The number of benzene rings is 1. The normalized spacial score (nSPS) is 19.3. The highest BCUT2D eigenvalue weighted by atomic mass is 32.2. The minimum absolute atomic E-state index is 0.0614. The van der Waals surface area contributed by atoms with E-state index in [4.69, 9.17) is 5.14 Å². The maximum atomic E-state index is 12.3. The zero-order chi connectivity index (χ0) is 17.0. The van der Waals surface area contributed by atoms with Crippen molar-refractivity contribution in [2.24, 2.45) is 11.1 Å². The predicted molar refractivity (Wildman–Crippen MR) is 89.4 cm³/mol. The van der Waals surface area contributed by atoms with Crippen molar-refractivity contribution in [2.75, 3.05) is 13.1 Å². The van der Waals surface area contributed by atoms with Crippen LogP contribution in [0.25, 0.3) is 0 Å². The lowest BCUT2D eigenvalue weighted by molar-refractivity contribution is 0.193. The molecule has 1 aromatic carbocycles. The fraction of sp³-hybridized carbons (Fsp3) is 0.562. The molecule has 1 aliphatic heterocycles. The van der Waals surface area contributed by atoms with Crippen LogP contribution in [-0.2, 0) is 16.6 Å². The third kappa shape index (κ3) is 4.94. The van der Waals surface area contributed by atoms with E-state index in [1.54, 1.807) is 6.07 Å². The summed E-state index contributed by atoms with van der Waals surface area (Å²) in [5.41, 5.74) is 1.68. The average Bonchev–Trinajstić information content (AvgIpc) is 2.69. The van der Waals surface area contributed by atoms with Crippen LogP contribution in [0.4, 0.5) is 4.79 Å². The predicted octanol–water partition coefficient (Wildman–Crippen LogP) is 1.97. The number of hydrogen-bond acceptors (Lipinski definition) is 3. The zero-order valence-corrected chi connectivity index (χ0v) is 14.5. The molecule has 0 spiro atoms. The molecule has 1 fully saturated rings. The molecule has 2 amide bonds. The van der Waals surface area contributed by atoms with E-state index in [2.05, 4.69) is 12.2 Å². The number of urea groups is 1. The van der Waals surface area contributed by atoms with Crippen molar-refractivity contribution in [1.82, 2.24) is 10.2 Å². The zero-order valence-electron chi connectivity index (χ0n) is 13.7. The minimum Gasteiger partial charge on any atom is -0.334 e. The molecule has 0 radical (unpaired) electrons. The fourth-order valence-electron chi connectivity index (χ4n) is 2.87. The second-order valence-corrected chi connectivity index (χ2v) is 7.90. The second kappa shape index (κ2) is 7.31. The summed E-state index contributed by atoms with van der Waals surface area (Å²) in [7, 11) is -3.70. The standard InChI is InChI=1S/C16H25N3O3S/c1-12-5-3-4-8-19(11-12)16(20)18-10-14-6-7-15(9-13(14)2)23(17,21)22/h6-7,9,12H,3-5,8,10-11H2,1-2H3,(H,18,20)(H2,17,21,22). The van der Waals surface area contributed by atoms with Crippen LogP contribution in [0.15, 0.2) is 23.1 Å². The van der Waals surface area contributed by atoms with Gasteiger partial charge >= 0.3 is 6.03 Å². The highest BCUT2D eigenvalue weighted by Crippen LogP contribution is 2.17. The molecule has 1 aliphatic rings. The number of hydrogen-bond donors (Lipinski definition) is 2. The van der Waals surface area contributed by atoms with Gasteiger partial charge in [0.15, 0.2) is 0 Å². The topological polar surface area (TPSA) is 92.5 Å². The van der Waals surface area contributed by atoms with Gasteiger partial charge in [0.25, 0.3) is 0 Å². The molecular weight excluding hydrogens is 314 g/mol. The van der Waals surface area contributed by atoms with E-state index in [9.17, 15) is 13.2 Å². The van der Waals surface area contributed by atoms with E-state index >= 15 is 0 Å². The minimum atomic E-state index is -3.70. The number of sulfonamides is 1. The van der Waals surface area contributed by atoms with Crippen LogP contribution in [0, 0.1) is 12.8 Å². The Morgan fingerprint density at radius 1 is 1.39 bits per heavy atom. The van der Waals surface area contributed by atoms with E-state index in [0.29, 0.717) is 12.5 Å². The Hall–Kier alpha value is -1.60. The van der Waals surface area contributed by atoms with Gasteiger partial charge in [-0.25, -0.2) is 18.4 Å². The van der Waals surface area contributed by atoms with Gasteiger partial charge < -0.3 is 10.2 Å². The largest absolute Gasteiger partial charge is 0.334 e. The smallest absolute Gasteiger partial charge is 0.317 e. The molecule has 1 aromatic rings. The molecular formula is C16H25N3O3S. The average molecular weight is 339 g/mol. The summed E-state index contributed by atoms with van der Waals surface area (Å²) in [5, 5.41) is 8.04. The van der Waals surface area contributed by atoms with E-state index < -0.39 is 10.0 Å². The van der Waals surface area contributed by atoms with Gasteiger partial charge in [-0.2, -0.15) is 0 Å². The Morgan fingerprint density at radius 3 is 2.78 bits per heavy atom. The lowest BCUT2D eigenvalue weighted by Crippen LogP contribution is -2.41. The summed E-state index contributed by atoms with van der Waals surface area (Å²) < 4.78 is 22.7. The Bertz CT molecular complexity index is 673. The van der Waals surface area contributed by atoms with Crippen molar-refractivity contribution in [3.63, 3.8) is 0 Å². The summed E-state index contributed by atoms with van der Waals surface area (Å²) >= 11 is 0. The number of carbonyl (C=O) groups is 1. The van der Waals surface area contributed by atoms with Crippen LogP contribution in [0.1, 0.15) is 37.3 Å². The third-order valence-corrected chi connectivity index (χ3v) is 5.18. The number of nitrogens with zero attached hydrogens (tertiary/aromatic N) is 1. The van der Waals surface area contributed by atoms with Crippen LogP contribution in [0.3, 0.4) is 0 Å². The maximum absolute atomic E-state index is 12.3. The fourth-order valence-corrected chi connectivity index (χ4v) is 3.46. The molecule has 2 rings (SSSR count). The quantitative estimate of drug-likeness (QED) is 0.882. The van der Waals surface area contributed by atoms with E-state index in [1.807, 2.05) is 11.8 Å². The number of rotatable bonds is 3. The number of amides is 2. The number of primary sulfonamides is 1. The highest BCUT2D eigenvalue weighted by molar-refractivity contribution is 7.89. The van der Waals surface area contributed by atoms with Crippen LogP contribution < -0.4 is 10.5 Å². The van der Waals surface area contributed by atoms with Gasteiger partial charge in [0, 0.05) is 19.6 Å². The first-order valence-corrected chi connectivity index (χ1v) is 9.47. The molecule has 3 N–H and O–H groups in total. The van der Waals surface area contributed by atoms with Gasteiger partial charge in [-0.15, -0.1) is 0 Å². The van der Waals surface area contributed by atoms with Gasteiger partial charge in [-0.05, 0) is 48.9 Å². The van der Waals surface area contributed by atoms with Crippen LogP contribution >= 0.6 is 0 Å². The lowest BCUT2D eigenvalue weighted by atomic mass is 10.1. The molecule has 128 valence electrons. The van der Waals surface area contributed by atoms with Crippen molar-refractivity contribution in [3.8, 4) is 0 Å². The van der Waals surface area contributed by atoms with E-state index in [0.717, 1.165) is 37.1 Å². The van der Waals surface area contributed by atoms with Crippen molar-refractivity contribution in [1.29, 1.82) is 0 Å². The number of carbonyl (C=O) groups excluding carboxylic acids is 1. The summed E-state index contributed by atoms with van der Waals surface area (Å²) in [6.45, 7) is 5.93. The summed E-state index contributed by atoms with van der Waals surface area (Å²) in [4.78, 5) is 14.3. The third-order valence-electron chi connectivity index (χ3n) is 4.27. The Kier molecular flexibility index (Phi) is 5.64. The Balaban J connectivity index is 1.99. The number of nitrogens with two attached hydrogens (primary N) is 1. The van der Waals surface area contributed by atoms with Gasteiger partial charge in [0.05, 0.1) is 4.90 Å². The SMILES string of the molecule is Cc1cc(S(N)(=O)=O)ccc1CNC(=O)N1CCCCC(C)C1. The molecule has 6 nitrogen and oxygen atoms in total. The first-order chi connectivity index (χ1) is 10.8. The molecule has 0 aromatic heterocycles. The number of nitrogens with one attached hydrogen (secondary N) is 1. The molecule has 0 bridgehead atoms. The van der Waals surface area contributed by atoms with E-state index in [1.165, 1.54) is 18.6 Å². The van der Waals surface area contributed by atoms with Gasteiger partial charge in [0.2, 0.25) is 10.0 Å². The molecule has 23 heavy (non-hydrogen) atoms. The van der Waals surface area contributed by atoms with Crippen molar-refractivity contribution < 1.29 is 13.2 Å².